The van der Waals surface area contributed by atoms with E-state index < -0.39 is 0 Å². The lowest BCUT2D eigenvalue weighted by Crippen LogP contribution is -2.13. The molecule has 0 bridgehead atoms. The number of nitrogens with zero attached hydrogens (tertiary/aromatic N) is 1. The number of rotatable bonds is 2. The summed E-state index contributed by atoms with van der Waals surface area (Å²) in [5, 5.41) is 11.7. The number of carbonyl (C=O) groups is 1. The van der Waals surface area contributed by atoms with E-state index in [0.717, 1.165) is 10.0 Å². The van der Waals surface area contributed by atoms with E-state index in [2.05, 4.69) is 39.9 Å². The Kier molecular flexibility index (Phi) is 4.48. The lowest BCUT2D eigenvalue weighted by Gasteiger charge is -2.10. The van der Waals surface area contributed by atoms with Crippen molar-refractivity contribution < 1.29 is 4.79 Å². The molecule has 0 saturated heterocycles. The van der Waals surface area contributed by atoms with Gasteiger partial charge in [-0.3, -0.25) is 4.79 Å². The molecule has 0 radical (unpaired) electrons. The van der Waals surface area contributed by atoms with E-state index in [4.69, 9.17) is 5.26 Å². The summed E-state index contributed by atoms with van der Waals surface area (Å²) in [5.41, 5.74) is 2.52. The van der Waals surface area contributed by atoms with Gasteiger partial charge in [-0.2, -0.15) is 5.26 Å². The minimum atomic E-state index is -0.249. The first kappa shape index (κ1) is 14.6. The normalized spacial score (nSPS) is 9.90. The van der Waals surface area contributed by atoms with Gasteiger partial charge in [0.15, 0.2) is 0 Å². The zero-order valence-electron chi connectivity index (χ0n) is 10.6. The van der Waals surface area contributed by atoms with Crippen LogP contribution in [0.15, 0.2) is 45.8 Å². The molecule has 2 aromatic rings. The summed E-state index contributed by atoms with van der Waals surface area (Å²) in [6.45, 7) is 1.87. The highest BCUT2D eigenvalue weighted by molar-refractivity contribution is 9.10. The molecule has 0 unspecified atom stereocenters. The second kappa shape index (κ2) is 6.12. The molecule has 100 valence electrons. The minimum Gasteiger partial charge on any atom is -0.322 e. The van der Waals surface area contributed by atoms with Gasteiger partial charge < -0.3 is 5.32 Å². The van der Waals surface area contributed by atoms with Gasteiger partial charge in [-0.15, -0.1) is 12.6 Å². The molecule has 5 heteroatoms. The summed E-state index contributed by atoms with van der Waals surface area (Å²) >= 11 is 7.62. The van der Waals surface area contributed by atoms with Gasteiger partial charge in [0, 0.05) is 15.1 Å². The van der Waals surface area contributed by atoms with Gasteiger partial charge in [0.1, 0.15) is 0 Å². The highest BCUT2D eigenvalue weighted by Crippen LogP contribution is 2.22. The van der Waals surface area contributed by atoms with Crippen LogP contribution < -0.4 is 5.32 Å². The van der Waals surface area contributed by atoms with Crippen molar-refractivity contribution in [2.75, 3.05) is 5.32 Å². The van der Waals surface area contributed by atoms with Gasteiger partial charge in [0.2, 0.25) is 0 Å². The number of thiol groups is 1. The van der Waals surface area contributed by atoms with Crippen LogP contribution in [0.25, 0.3) is 0 Å². The predicted molar refractivity (Wildman–Crippen MR) is 85.2 cm³/mol. The number of aryl methyl sites for hydroxylation is 1. The number of halogens is 1. The fourth-order valence-electron chi connectivity index (χ4n) is 1.71. The first-order chi connectivity index (χ1) is 9.51. The van der Waals surface area contributed by atoms with Gasteiger partial charge >= 0.3 is 0 Å². The van der Waals surface area contributed by atoms with Crippen LogP contribution in [0.3, 0.4) is 0 Å². The van der Waals surface area contributed by atoms with Crippen molar-refractivity contribution >= 4 is 40.2 Å². The van der Waals surface area contributed by atoms with Crippen LogP contribution in [-0.4, -0.2) is 5.91 Å². The van der Waals surface area contributed by atoms with E-state index in [9.17, 15) is 4.79 Å². The molecule has 0 aliphatic rings. The third-order valence-electron chi connectivity index (χ3n) is 2.82. The van der Waals surface area contributed by atoms with Crippen LogP contribution in [0.4, 0.5) is 5.69 Å². The molecule has 1 N–H and O–H groups in total. The average molecular weight is 347 g/mol. The third kappa shape index (κ3) is 3.21. The maximum atomic E-state index is 12.2. The molecule has 0 aliphatic heterocycles. The fraction of sp³-hybridized carbons (Fsp3) is 0.0667. The second-order valence-electron chi connectivity index (χ2n) is 4.26. The van der Waals surface area contributed by atoms with Gasteiger partial charge in [-0.05, 0) is 42.8 Å². The van der Waals surface area contributed by atoms with E-state index in [0.29, 0.717) is 21.7 Å². The second-order valence-corrected chi connectivity index (χ2v) is 5.65. The number of amides is 1. The average Bonchev–Trinajstić information content (AvgIpc) is 2.41. The molecule has 0 saturated carbocycles. The Morgan fingerprint density at radius 3 is 2.70 bits per heavy atom. The highest BCUT2D eigenvalue weighted by atomic mass is 79.9. The maximum Gasteiger partial charge on any atom is 0.256 e. The molecule has 0 aromatic heterocycles. The van der Waals surface area contributed by atoms with Crippen LogP contribution in [-0.2, 0) is 0 Å². The Morgan fingerprint density at radius 2 is 2.05 bits per heavy atom. The Labute approximate surface area is 131 Å². The highest BCUT2D eigenvalue weighted by Gasteiger charge is 2.11. The molecule has 1 amide bonds. The van der Waals surface area contributed by atoms with Crippen molar-refractivity contribution in [2.45, 2.75) is 11.8 Å². The van der Waals surface area contributed by atoms with E-state index >= 15 is 0 Å². The van der Waals surface area contributed by atoms with E-state index in [1.807, 2.05) is 6.92 Å². The van der Waals surface area contributed by atoms with Crippen molar-refractivity contribution in [2.24, 2.45) is 0 Å². The Balaban J connectivity index is 2.30. The van der Waals surface area contributed by atoms with Gasteiger partial charge in [0.05, 0.1) is 17.2 Å². The van der Waals surface area contributed by atoms with Gasteiger partial charge in [0.25, 0.3) is 5.91 Å². The van der Waals surface area contributed by atoms with Crippen molar-refractivity contribution in [3.63, 3.8) is 0 Å². The quantitative estimate of drug-likeness (QED) is 0.801. The van der Waals surface area contributed by atoms with Crippen molar-refractivity contribution in [1.29, 1.82) is 5.26 Å². The van der Waals surface area contributed by atoms with Crippen LogP contribution in [0.1, 0.15) is 21.5 Å². The summed E-state index contributed by atoms with van der Waals surface area (Å²) in [6.07, 6.45) is 0. The number of anilines is 1. The number of nitrogens with one attached hydrogen (secondary N) is 1. The molecule has 2 aromatic carbocycles. The van der Waals surface area contributed by atoms with Crippen LogP contribution in [0.2, 0.25) is 0 Å². The lowest BCUT2D eigenvalue weighted by molar-refractivity contribution is 0.102. The molecule has 0 heterocycles. The zero-order valence-corrected chi connectivity index (χ0v) is 13.1. The van der Waals surface area contributed by atoms with Crippen LogP contribution in [0.5, 0.6) is 0 Å². The molecule has 3 nitrogen and oxygen atoms in total. The number of nitriles is 1. The number of benzene rings is 2. The Bertz CT molecular complexity index is 722. The van der Waals surface area contributed by atoms with E-state index in [-0.39, 0.29) is 5.91 Å². The van der Waals surface area contributed by atoms with Gasteiger partial charge in [-0.1, -0.05) is 22.0 Å². The third-order valence-corrected chi connectivity index (χ3v) is 3.68. The minimum absolute atomic E-state index is 0.249. The summed E-state index contributed by atoms with van der Waals surface area (Å²) < 4.78 is 0.863. The molecular weight excluding hydrogens is 336 g/mol. The van der Waals surface area contributed by atoms with Gasteiger partial charge in [-0.25, -0.2) is 0 Å². The maximum absolute atomic E-state index is 12.2. The monoisotopic (exact) mass is 346 g/mol. The van der Waals surface area contributed by atoms with E-state index in [1.54, 1.807) is 36.4 Å². The standard InChI is InChI=1S/C15H11BrN2OS/c1-9-2-3-10(8-17)6-13(9)18-15(19)12-5-4-11(16)7-14(12)20/h2-7,20H,1H3,(H,18,19). The number of hydrogen-bond donors (Lipinski definition) is 2. The summed E-state index contributed by atoms with van der Waals surface area (Å²) in [4.78, 5) is 12.8. The molecular formula is C15H11BrN2OS. The summed E-state index contributed by atoms with van der Waals surface area (Å²) in [6, 6.07) is 12.5. The molecule has 0 fully saturated rings. The largest absolute Gasteiger partial charge is 0.322 e. The SMILES string of the molecule is Cc1ccc(C#N)cc1NC(=O)c1ccc(Br)cc1S. The molecule has 0 atom stereocenters. The molecule has 0 spiro atoms. The molecule has 2 rings (SSSR count). The first-order valence-corrected chi connectivity index (χ1v) is 7.06. The Hall–Kier alpha value is -1.77. The van der Waals surface area contributed by atoms with Crippen LogP contribution in [0, 0.1) is 18.3 Å². The van der Waals surface area contributed by atoms with Crippen molar-refractivity contribution in [3.05, 3.63) is 57.6 Å². The van der Waals surface area contributed by atoms with Crippen LogP contribution >= 0.6 is 28.6 Å². The molecule has 20 heavy (non-hydrogen) atoms. The lowest BCUT2D eigenvalue weighted by atomic mass is 10.1. The fourth-order valence-corrected chi connectivity index (χ4v) is 2.57. The van der Waals surface area contributed by atoms with Crippen molar-refractivity contribution in [1.82, 2.24) is 0 Å². The summed E-state index contributed by atoms with van der Waals surface area (Å²) in [7, 11) is 0. The Morgan fingerprint density at radius 1 is 1.30 bits per heavy atom. The predicted octanol–water partition coefficient (Wildman–Crippen LogP) is 4.17. The number of hydrogen-bond acceptors (Lipinski definition) is 3. The zero-order chi connectivity index (χ0) is 14.7. The van der Waals surface area contributed by atoms with Crippen molar-refractivity contribution in [3.8, 4) is 6.07 Å². The first-order valence-electron chi connectivity index (χ1n) is 5.82. The van der Waals surface area contributed by atoms with E-state index in [1.165, 1.54) is 0 Å². The number of carbonyl (C=O) groups excluding carboxylic acids is 1. The summed E-state index contributed by atoms with van der Waals surface area (Å²) in [5.74, 6) is -0.249. The topological polar surface area (TPSA) is 52.9 Å². The molecule has 0 aliphatic carbocycles. The smallest absolute Gasteiger partial charge is 0.256 e.